The molecule has 0 amide bonds. The Balaban J connectivity index is 2.50. The Morgan fingerprint density at radius 1 is 1.22 bits per heavy atom. The Hall–Kier alpha value is -1.11. The lowest BCUT2D eigenvalue weighted by Crippen LogP contribution is -2.41. The summed E-state index contributed by atoms with van der Waals surface area (Å²) in [7, 11) is -3.52. The molecule has 0 saturated carbocycles. The number of hydrogen-bond acceptors (Lipinski definition) is 4. The molecule has 0 aromatic heterocycles. The first-order valence-corrected chi connectivity index (χ1v) is 7.32. The third-order valence-electron chi connectivity index (χ3n) is 3.28. The predicted molar refractivity (Wildman–Crippen MR) is 69.9 cm³/mol. The number of benzene rings is 1. The average molecular weight is 270 g/mol. The molecule has 0 bridgehead atoms. The molecule has 18 heavy (non-hydrogen) atoms. The van der Waals surface area contributed by atoms with Crippen molar-refractivity contribution in [2.45, 2.75) is 18.7 Å². The number of nitrogens with zero attached hydrogens (tertiary/aromatic N) is 1. The van der Waals surface area contributed by atoms with Crippen LogP contribution in [0.3, 0.4) is 0 Å². The number of ether oxygens (including phenoxy) is 1. The van der Waals surface area contributed by atoms with Gasteiger partial charge in [-0.05, 0) is 31.0 Å². The molecule has 1 saturated heterocycles. The molecule has 1 aliphatic heterocycles. The average Bonchev–Trinajstić information content (AvgIpc) is 2.35. The summed E-state index contributed by atoms with van der Waals surface area (Å²) in [5, 5.41) is 0. The molecule has 0 spiro atoms. The van der Waals surface area contributed by atoms with E-state index in [2.05, 4.69) is 0 Å². The van der Waals surface area contributed by atoms with Crippen LogP contribution in [0.5, 0.6) is 0 Å². The second kappa shape index (κ2) is 4.87. The van der Waals surface area contributed by atoms with Gasteiger partial charge in [0.1, 0.15) is 4.90 Å². The van der Waals surface area contributed by atoms with Gasteiger partial charge < -0.3 is 10.5 Å². The first-order valence-electron chi connectivity index (χ1n) is 5.88. The van der Waals surface area contributed by atoms with E-state index in [1.54, 1.807) is 13.0 Å². The number of morpholine rings is 1. The molecule has 2 rings (SSSR count). The third kappa shape index (κ3) is 2.23. The van der Waals surface area contributed by atoms with Gasteiger partial charge in [0, 0.05) is 13.1 Å². The van der Waals surface area contributed by atoms with Crippen LogP contribution >= 0.6 is 0 Å². The van der Waals surface area contributed by atoms with Gasteiger partial charge in [-0.25, -0.2) is 8.42 Å². The standard InChI is InChI=1S/C12H18N2O3S/c1-9-3-4-11(13)12(10(9)2)18(15,16)14-5-7-17-8-6-14/h3-4H,5-8,13H2,1-2H3. The maximum absolute atomic E-state index is 12.6. The zero-order chi connectivity index (χ0) is 13.3. The van der Waals surface area contributed by atoms with Crippen molar-refractivity contribution in [3.8, 4) is 0 Å². The van der Waals surface area contributed by atoms with Gasteiger partial charge in [0.05, 0.1) is 18.9 Å². The highest BCUT2D eigenvalue weighted by molar-refractivity contribution is 7.89. The van der Waals surface area contributed by atoms with Gasteiger partial charge in [0.15, 0.2) is 0 Å². The number of aryl methyl sites for hydroxylation is 1. The van der Waals surface area contributed by atoms with E-state index in [9.17, 15) is 8.42 Å². The van der Waals surface area contributed by atoms with Crippen molar-refractivity contribution in [2.75, 3.05) is 32.0 Å². The lowest BCUT2D eigenvalue weighted by atomic mass is 10.1. The summed E-state index contributed by atoms with van der Waals surface area (Å²) < 4.78 is 31.8. The van der Waals surface area contributed by atoms with Crippen LogP contribution in [0.2, 0.25) is 0 Å². The van der Waals surface area contributed by atoms with Crippen LogP contribution in [0.25, 0.3) is 0 Å². The normalized spacial score (nSPS) is 17.9. The summed E-state index contributed by atoms with van der Waals surface area (Å²) in [5.41, 5.74) is 7.81. The number of nitrogens with two attached hydrogens (primary N) is 1. The Bertz CT molecular complexity index is 549. The van der Waals surface area contributed by atoms with Crippen molar-refractivity contribution in [3.05, 3.63) is 23.3 Å². The molecule has 0 unspecified atom stereocenters. The summed E-state index contributed by atoms with van der Waals surface area (Å²) in [6.07, 6.45) is 0. The third-order valence-corrected chi connectivity index (χ3v) is 5.38. The Morgan fingerprint density at radius 3 is 2.44 bits per heavy atom. The van der Waals surface area contributed by atoms with Crippen molar-refractivity contribution in [1.82, 2.24) is 4.31 Å². The Labute approximate surface area is 108 Å². The van der Waals surface area contributed by atoms with E-state index in [0.717, 1.165) is 11.1 Å². The van der Waals surface area contributed by atoms with Crippen LogP contribution in [-0.2, 0) is 14.8 Å². The van der Waals surface area contributed by atoms with Crippen LogP contribution in [-0.4, -0.2) is 39.0 Å². The van der Waals surface area contributed by atoms with E-state index in [-0.39, 0.29) is 4.90 Å². The summed E-state index contributed by atoms with van der Waals surface area (Å²) in [4.78, 5) is 0.240. The van der Waals surface area contributed by atoms with Crippen LogP contribution in [0, 0.1) is 13.8 Å². The van der Waals surface area contributed by atoms with Gasteiger partial charge >= 0.3 is 0 Å². The second-order valence-electron chi connectivity index (χ2n) is 4.44. The smallest absolute Gasteiger partial charge is 0.245 e. The lowest BCUT2D eigenvalue weighted by Gasteiger charge is -2.27. The highest BCUT2D eigenvalue weighted by Gasteiger charge is 2.29. The van der Waals surface area contributed by atoms with E-state index in [4.69, 9.17) is 10.5 Å². The zero-order valence-electron chi connectivity index (χ0n) is 10.6. The fourth-order valence-corrected chi connectivity index (χ4v) is 3.87. The molecule has 6 heteroatoms. The summed E-state index contributed by atoms with van der Waals surface area (Å²) >= 11 is 0. The minimum atomic E-state index is -3.52. The van der Waals surface area contributed by atoms with Crippen molar-refractivity contribution >= 4 is 15.7 Å². The SMILES string of the molecule is Cc1ccc(N)c(S(=O)(=O)N2CCOCC2)c1C. The molecule has 1 aliphatic rings. The Kier molecular flexibility index (Phi) is 3.61. The van der Waals surface area contributed by atoms with Gasteiger partial charge in [-0.15, -0.1) is 0 Å². The summed E-state index contributed by atoms with van der Waals surface area (Å²) in [6, 6.07) is 3.48. The quantitative estimate of drug-likeness (QED) is 0.811. The van der Waals surface area contributed by atoms with Crippen LogP contribution in [0.4, 0.5) is 5.69 Å². The van der Waals surface area contributed by atoms with E-state index < -0.39 is 10.0 Å². The molecule has 1 aromatic rings. The molecule has 1 fully saturated rings. The maximum Gasteiger partial charge on any atom is 0.245 e. The molecule has 1 heterocycles. The summed E-state index contributed by atoms with van der Waals surface area (Å²) in [5.74, 6) is 0. The highest BCUT2D eigenvalue weighted by Crippen LogP contribution is 2.28. The first-order chi connectivity index (χ1) is 8.44. The monoisotopic (exact) mass is 270 g/mol. The van der Waals surface area contributed by atoms with Gasteiger partial charge in [0.2, 0.25) is 10.0 Å². The van der Waals surface area contributed by atoms with E-state index in [1.807, 2.05) is 13.0 Å². The van der Waals surface area contributed by atoms with Crippen LogP contribution in [0.15, 0.2) is 17.0 Å². The number of hydrogen-bond donors (Lipinski definition) is 1. The molecule has 100 valence electrons. The maximum atomic E-state index is 12.6. The molecular formula is C12H18N2O3S. The zero-order valence-corrected chi connectivity index (χ0v) is 11.5. The molecule has 0 aliphatic carbocycles. The largest absolute Gasteiger partial charge is 0.398 e. The number of nitrogen functional groups attached to an aromatic ring is 1. The topological polar surface area (TPSA) is 72.6 Å². The molecule has 0 atom stereocenters. The molecule has 0 radical (unpaired) electrons. The number of anilines is 1. The van der Waals surface area contributed by atoms with Gasteiger partial charge in [-0.3, -0.25) is 0 Å². The minimum absolute atomic E-state index is 0.240. The predicted octanol–water partition coefficient (Wildman–Crippen LogP) is 0.907. The first kappa shape index (κ1) is 13.3. The van der Waals surface area contributed by atoms with Crippen molar-refractivity contribution in [3.63, 3.8) is 0 Å². The number of sulfonamides is 1. The minimum Gasteiger partial charge on any atom is -0.398 e. The van der Waals surface area contributed by atoms with Gasteiger partial charge in [-0.2, -0.15) is 4.31 Å². The Morgan fingerprint density at radius 2 is 1.83 bits per heavy atom. The van der Waals surface area contributed by atoms with Crippen molar-refractivity contribution in [1.29, 1.82) is 0 Å². The van der Waals surface area contributed by atoms with E-state index >= 15 is 0 Å². The van der Waals surface area contributed by atoms with Crippen molar-refractivity contribution < 1.29 is 13.2 Å². The van der Waals surface area contributed by atoms with E-state index in [1.165, 1.54) is 4.31 Å². The lowest BCUT2D eigenvalue weighted by molar-refractivity contribution is 0.0730. The molecular weight excluding hydrogens is 252 g/mol. The number of rotatable bonds is 2. The van der Waals surface area contributed by atoms with E-state index in [0.29, 0.717) is 32.0 Å². The van der Waals surface area contributed by atoms with Gasteiger partial charge in [-0.1, -0.05) is 6.07 Å². The van der Waals surface area contributed by atoms with Gasteiger partial charge in [0.25, 0.3) is 0 Å². The summed E-state index contributed by atoms with van der Waals surface area (Å²) in [6.45, 7) is 5.31. The molecule has 5 nitrogen and oxygen atoms in total. The molecule has 1 aromatic carbocycles. The fourth-order valence-electron chi connectivity index (χ4n) is 2.07. The van der Waals surface area contributed by atoms with Crippen LogP contribution < -0.4 is 5.73 Å². The highest BCUT2D eigenvalue weighted by atomic mass is 32.2. The fraction of sp³-hybridized carbons (Fsp3) is 0.500. The molecule has 2 N–H and O–H groups in total. The second-order valence-corrected chi connectivity index (χ2v) is 6.32. The van der Waals surface area contributed by atoms with Crippen molar-refractivity contribution in [2.24, 2.45) is 0 Å². The van der Waals surface area contributed by atoms with Crippen LogP contribution in [0.1, 0.15) is 11.1 Å².